The summed E-state index contributed by atoms with van der Waals surface area (Å²) in [5.41, 5.74) is -0.970. The molecule has 1 saturated heterocycles. The lowest BCUT2D eigenvalue weighted by Gasteiger charge is -2.18. The maximum atomic E-state index is 13.1. The molecule has 2 atom stereocenters. The van der Waals surface area contributed by atoms with Crippen LogP contribution in [0.1, 0.15) is 17.0 Å². The van der Waals surface area contributed by atoms with E-state index in [4.69, 9.17) is 4.74 Å². The first-order valence-corrected chi connectivity index (χ1v) is 7.66. The Labute approximate surface area is 145 Å². The van der Waals surface area contributed by atoms with Crippen molar-refractivity contribution in [2.24, 2.45) is 5.92 Å². The monoisotopic (exact) mass is 367 g/mol. The molecule has 1 aliphatic heterocycles. The van der Waals surface area contributed by atoms with Crippen molar-refractivity contribution in [1.82, 2.24) is 0 Å². The van der Waals surface area contributed by atoms with Gasteiger partial charge in [0.2, 0.25) is 5.91 Å². The van der Waals surface area contributed by atoms with Gasteiger partial charge in [0.05, 0.1) is 17.9 Å². The van der Waals surface area contributed by atoms with Crippen molar-refractivity contribution in [3.05, 3.63) is 65.5 Å². The number of esters is 1. The molecule has 1 amide bonds. The topological polar surface area (TPSA) is 55.4 Å². The van der Waals surface area contributed by atoms with Gasteiger partial charge in [-0.3, -0.25) is 9.59 Å². The molecule has 1 aliphatic rings. The number of para-hydroxylation sites is 1. The number of ether oxygens (including phenoxy) is 1. The first-order valence-electron chi connectivity index (χ1n) is 7.66. The molecule has 0 aromatic heterocycles. The molecular formula is C18H13F4NO3. The van der Waals surface area contributed by atoms with Crippen LogP contribution in [0.3, 0.4) is 0 Å². The average Bonchev–Trinajstić information content (AvgIpc) is 2.97. The molecule has 1 fully saturated rings. The maximum Gasteiger partial charge on any atom is 0.418 e. The molecule has 2 aromatic rings. The average molecular weight is 367 g/mol. The summed E-state index contributed by atoms with van der Waals surface area (Å²) in [5, 5.41) is 2.17. The first kappa shape index (κ1) is 17.9. The van der Waals surface area contributed by atoms with Crippen LogP contribution in [-0.2, 0) is 20.5 Å². The number of rotatable bonds is 3. The zero-order valence-corrected chi connectivity index (χ0v) is 13.2. The molecule has 0 bridgehead atoms. The van der Waals surface area contributed by atoms with Crippen LogP contribution in [0.4, 0.5) is 23.2 Å². The molecule has 4 nitrogen and oxygen atoms in total. The Balaban J connectivity index is 1.87. The molecular weight excluding hydrogens is 354 g/mol. The molecule has 1 heterocycles. The Hall–Kier alpha value is -2.90. The summed E-state index contributed by atoms with van der Waals surface area (Å²) < 4.78 is 57.1. The number of halogens is 4. The molecule has 2 aromatic carbocycles. The molecule has 1 N–H and O–H groups in total. The van der Waals surface area contributed by atoms with Gasteiger partial charge in [-0.1, -0.05) is 24.3 Å². The predicted octanol–water partition coefficient (Wildman–Crippen LogP) is 3.74. The molecule has 2 unspecified atom stereocenters. The third-order valence-corrected chi connectivity index (χ3v) is 4.13. The van der Waals surface area contributed by atoms with Gasteiger partial charge in [0.15, 0.2) is 0 Å². The first-order chi connectivity index (χ1) is 12.3. The van der Waals surface area contributed by atoms with Crippen LogP contribution in [0.2, 0.25) is 0 Å². The van der Waals surface area contributed by atoms with E-state index < -0.39 is 47.0 Å². The number of hydrogen-bond donors (Lipinski definition) is 1. The molecule has 0 spiro atoms. The summed E-state index contributed by atoms with van der Waals surface area (Å²) in [6.45, 7) is -0.108. The number of benzene rings is 2. The van der Waals surface area contributed by atoms with E-state index >= 15 is 0 Å². The van der Waals surface area contributed by atoms with Gasteiger partial charge >= 0.3 is 12.1 Å². The molecule has 0 aliphatic carbocycles. The van der Waals surface area contributed by atoms with E-state index in [1.807, 2.05) is 0 Å². The van der Waals surface area contributed by atoms with Crippen LogP contribution < -0.4 is 5.32 Å². The maximum absolute atomic E-state index is 13.1. The lowest BCUT2D eigenvalue weighted by atomic mass is 9.88. The van der Waals surface area contributed by atoms with Crippen molar-refractivity contribution >= 4 is 17.6 Å². The Morgan fingerprint density at radius 1 is 1.08 bits per heavy atom. The van der Waals surface area contributed by atoms with E-state index in [0.717, 1.165) is 12.1 Å². The van der Waals surface area contributed by atoms with Gasteiger partial charge in [-0.05, 0) is 29.8 Å². The zero-order valence-electron chi connectivity index (χ0n) is 13.2. The van der Waals surface area contributed by atoms with Gasteiger partial charge in [0, 0.05) is 5.92 Å². The summed E-state index contributed by atoms with van der Waals surface area (Å²) in [5.74, 6) is -4.25. The van der Waals surface area contributed by atoms with Crippen LogP contribution in [0, 0.1) is 11.7 Å². The third-order valence-electron chi connectivity index (χ3n) is 4.13. The van der Waals surface area contributed by atoms with Crippen molar-refractivity contribution in [3.8, 4) is 0 Å². The highest BCUT2D eigenvalue weighted by atomic mass is 19.4. The van der Waals surface area contributed by atoms with Crippen molar-refractivity contribution in [2.75, 3.05) is 11.9 Å². The summed E-state index contributed by atoms with van der Waals surface area (Å²) >= 11 is 0. The fourth-order valence-corrected chi connectivity index (χ4v) is 2.86. The number of cyclic esters (lactones) is 1. The highest BCUT2D eigenvalue weighted by Crippen LogP contribution is 2.37. The Morgan fingerprint density at radius 3 is 2.38 bits per heavy atom. The number of carbonyl (C=O) groups excluding carboxylic acids is 2. The van der Waals surface area contributed by atoms with Crippen molar-refractivity contribution in [1.29, 1.82) is 0 Å². The summed E-state index contributed by atoms with van der Waals surface area (Å²) in [6, 6.07) is 9.64. The number of anilines is 1. The molecule has 26 heavy (non-hydrogen) atoms. The Bertz CT molecular complexity index is 833. The number of alkyl halides is 3. The third kappa shape index (κ3) is 3.54. The zero-order chi connectivity index (χ0) is 18.9. The van der Waals surface area contributed by atoms with E-state index in [1.54, 1.807) is 0 Å². The standard InChI is InChI=1S/C18H13F4NO3/c19-11-7-5-10(6-8-11)12-9-26-17(25)15(12)16(24)23-14-4-2-1-3-13(14)18(20,21)22/h1-8,12,15H,9H2,(H,23,24). The summed E-state index contributed by atoms with van der Waals surface area (Å²) in [4.78, 5) is 24.5. The lowest BCUT2D eigenvalue weighted by molar-refractivity contribution is -0.144. The van der Waals surface area contributed by atoms with E-state index in [1.165, 1.54) is 36.4 Å². The SMILES string of the molecule is O=C(Nc1ccccc1C(F)(F)F)C1C(=O)OCC1c1ccc(F)cc1. The molecule has 0 radical (unpaired) electrons. The largest absolute Gasteiger partial charge is 0.464 e. The van der Waals surface area contributed by atoms with Crippen LogP contribution >= 0.6 is 0 Å². The van der Waals surface area contributed by atoms with E-state index in [2.05, 4.69) is 5.32 Å². The normalized spacial score (nSPS) is 19.9. The van der Waals surface area contributed by atoms with Gasteiger partial charge in [0.25, 0.3) is 0 Å². The summed E-state index contributed by atoms with van der Waals surface area (Å²) in [6.07, 6.45) is -4.66. The van der Waals surface area contributed by atoms with Crippen LogP contribution in [-0.4, -0.2) is 18.5 Å². The number of nitrogens with one attached hydrogen (secondary N) is 1. The van der Waals surface area contributed by atoms with Gasteiger partial charge in [0.1, 0.15) is 11.7 Å². The molecule has 136 valence electrons. The second kappa shape index (κ2) is 6.78. The Kier molecular flexibility index (Phi) is 4.67. The van der Waals surface area contributed by atoms with Crippen molar-refractivity contribution in [2.45, 2.75) is 12.1 Å². The lowest BCUT2D eigenvalue weighted by Crippen LogP contribution is -2.31. The minimum atomic E-state index is -4.66. The Morgan fingerprint density at radius 2 is 1.73 bits per heavy atom. The van der Waals surface area contributed by atoms with Gasteiger partial charge in [-0.2, -0.15) is 13.2 Å². The van der Waals surface area contributed by atoms with Crippen LogP contribution in [0.15, 0.2) is 48.5 Å². The molecule has 8 heteroatoms. The van der Waals surface area contributed by atoms with E-state index in [0.29, 0.717) is 5.56 Å². The van der Waals surface area contributed by atoms with Crippen LogP contribution in [0.25, 0.3) is 0 Å². The minimum absolute atomic E-state index is 0.108. The van der Waals surface area contributed by atoms with Crippen LogP contribution in [0.5, 0.6) is 0 Å². The smallest absolute Gasteiger partial charge is 0.418 e. The minimum Gasteiger partial charge on any atom is -0.464 e. The van der Waals surface area contributed by atoms with Gasteiger partial charge < -0.3 is 10.1 Å². The predicted molar refractivity (Wildman–Crippen MR) is 83.7 cm³/mol. The second-order valence-corrected chi connectivity index (χ2v) is 5.80. The van der Waals surface area contributed by atoms with Crippen molar-refractivity contribution < 1.29 is 31.9 Å². The summed E-state index contributed by atoms with van der Waals surface area (Å²) in [7, 11) is 0. The molecule has 0 saturated carbocycles. The number of carbonyl (C=O) groups is 2. The van der Waals surface area contributed by atoms with Gasteiger partial charge in [-0.15, -0.1) is 0 Å². The molecule has 3 rings (SSSR count). The van der Waals surface area contributed by atoms with E-state index in [9.17, 15) is 27.2 Å². The highest BCUT2D eigenvalue weighted by molar-refractivity contribution is 6.06. The number of hydrogen-bond acceptors (Lipinski definition) is 3. The fraction of sp³-hybridized carbons (Fsp3) is 0.222. The second-order valence-electron chi connectivity index (χ2n) is 5.80. The van der Waals surface area contributed by atoms with Gasteiger partial charge in [-0.25, -0.2) is 4.39 Å². The highest BCUT2D eigenvalue weighted by Gasteiger charge is 2.44. The van der Waals surface area contributed by atoms with Crippen molar-refractivity contribution in [3.63, 3.8) is 0 Å². The fourth-order valence-electron chi connectivity index (χ4n) is 2.86. The quantitative estimate of drug-likeness (QED) is 0.511. The number of amides is 1. The van der Waals surface area contributed by atoms with E-state index in [-0.39, 0.29) is 6.61 Å².